The maximum absolute atomic E-state index is 12.3. The van der Waals surface area contributed by atoms with E-state index in [9.17, 15) is 9.90 Å². The number of likely N-dealkylation sites (tertiary alicyclic amines) is 1. The molecule has 0 saturated carbocycles. The van der Waals surface area contributed by atoms with Crippen molar-refractivity contribution >= 4 is 10.9 Å². The fraction of sp³-hybridized carbons (Fsp3) is 0.333. The molecule has 2 heterocycles. The number of para-hydroxylation sites is 1. The lowest BCUT2D eigenvalue weighted by Gasteiger charge is -2.26. The minimum atomic E-state index is -0.467. The summed E-state index contributed by atoms with van der Waals surface area (Å²) in [5, 5.41) is 11.2. The van der Waals surface area contributed by atoms with E-state index in [0.29, 0.717) is 30.2 Å². The van der Waals surface area contributed by atoms with Crippen molar-refractivity contribution in [1.82, 2.24) is 14.9 Å². The number of H-pyrrole nitrogens is 1. The second-order valence-electron chi connectivity index (χ2n) is 6.96. The number of aromatic amines is 1. The molecule has 2 N–H and O–H groups in total. The molecule has 0 unspecified atom stereocenters. The van der Waals surface area contributed by atoms with Crippen LogP contribution in [-0.4, -0.2) is 32.6 Å². The molecule has 2 atom stereocenters. The van der Waals surface area contributed by atoms with Gasteiger partial charge >= 0.3 is 0 Å². The van der Waals surface area contributed by atoms with Gasteiger partial charge in [-0.3, -0.25) is 9.69 Å². The zero-order chi connectivity index (χ0) is 17.9. The largest absolute Gasteiger partial charge is 0.388 e. The summed E-state index contributed by atoms with van der Waals surface area (Å²) in [5.74, 6) is 0.690. The maximum Gasteiger partial charge on any atom is 0.258 e. The Labute approximate surface area is 152 Å². The van der Waals surface area contributed by atoms with Crippen molar-refractivity contribution in [3.63, 3.8) is 0 Å². The van der Waals surface area contributed by atoms with E-state index < -0.39 is 6.10 Å². The maximum atomic E-state index is 12.3. The summed E-state index contributed by atoms with van der Waals surface area (Å²) in [6.07, 6.45) is 2.39. The first-order chi connectivity index (χ1) is 12.7. The van der Waals surface area contributed by atoms with E-state index in [4.69, 9.17) is 0 Å². The van der Waals surface area contributed by atoms with Gasteiger partial charge < -0.3 is 10.1 Å². The van der Waals surface area contributed by atoms with Crippen LogP contribution < -0.4 is 5.56 Å². The first-order valence-corrected chi connectivity index (χ1v) is 9.16. The fourth-order valence-corrected chi connectivity index (χ4v) is 3.84. The van der Waals surface area contributed by atoms with Gasteiger partial charge in [0.1, 0.15) is 5.82 Å². The van der Waals surface area contributed by atoms with Crippen LogP contribution in [0, 0.1) is 0 Å². The lowest BCUT2D eigenvalue weighted by Crippen LogP contribution is -2.32. The Kier molecular flexibility index (Phi) is 4.82. The third kappa shape index (κ3) is 3.54. The Balaban J connectivity index is 1.50. The molecular weight excluding hydrogens is 326 g/mol. The lowest BCUT2D eigenvalue weighted by atomic mass is 10.0. The van der Waals surface area contributed by atoms with E-state index in [1.807, 2.05) is 48.5 Å². The second-order valence-corrected chi connectivity index (χ2v) is 6.96. The molecule has 1 aliphatic rings. The summed E-state index contributed by atoms with van der Waals surface area (Å²) in [4.78, 5) is 22.1. The molecule has 4 rings (SSSR count). The number of aliphatic hydroxyl groups is 1. The van der Waals surface area contributed by atoms with E-state index >= 15 is 0 Å². The van der Waals surface area contributed by atoms with E-state index in [1.165, 1.54) is 0 Å². The quantitative estimate of drug-likeness (QED) is 0.743. The average molecular weight is 349 g/mol. The number of rotatable bonds is 5. The molecule has 1 fully saturated rings. The fourth-order valence-electron chi connectivity index (χ4n) is 3.84. The number of hydrogen-bond acceptors (Lipinski definition) is 4. The Bertz CT molecular complexity index is 939. The van der Waals surface area contributed by atoms with Gasteiger partial charge in [-0.15, -0.1) is 0 Å². The van der Waals surface area contributed by atoms with Gasteiger partial charge in [0.15, 0.2) is 0 Å². The van der Waals surface area contributed by atoms with Crippen molar-refractivity contribution in [2.24, 2.45) is 0 Å². The zero-order valence-corrected chi connectivity index (χ0v) is 14.6. The SMILES string of the molecule is O=c1[nH]c(CN2CCC[C@@H]2C[C@H](O)c2ccccc2)nc2ccccc12. The summed E-state index contributed by atoms with van der Waals surface area (Å²) in [6.45, 7) is 1.56. The third-order valence-electron chi connectivity index (χ3n) is 5.19. The summed E-state index contributed by atoms with van der Waals surface area (Å²) in [5.41, 5.74) is 1.59. The number of nitrogens with one attached hydrogen (secondary N) is 1. The molecule has 5 heteroatoms. The van der Waals surface area contributed by atoms with Gasteiger partial charge in [-0.05, 0) is 43.5 Å². The van der Waals surface area contributed by atoms with E-state index in [-0.39, 0.29) is 5.56 Å². The van der Waals surface area contributed by atoms with Crippen LogP contribution in [0.15, 0.2) is 59.4 Å². The van der Waals surface area contributed by atoms with Gasteiger partial charge in [0.25, 0.3) is 5.56 Å². The first-order valence-electron chi connectivity index (χ1n) is 9.16. The molecule has 26 heavy (non-hydrogen) atoms. The summed E-state index contributed by atoms with van der Waals surface area (Å²) < 4.78 is 0. The molecule has 134 valence electrons. The van der Waals surface area contributed by atoms with Gasteiger partial charge in [0.2, 0.25) is 0 Å². The number of hydrogen-bond donors (Lipinski definition) is 2. The minimum Gasteiger partial charge on any atom is -0.388 e. The number of aromatic nitrogens is 2. The van der Waals surface area contributed by atoms with Crippen molar-refractivity contribution in [3.8, 4) is 0 Å². The van der Waals surface area contributed by atoms with E-state index in [1.54, 1.807) is 6.07 Å². The van der Waals surface area contributed by atoms with Crippen LogP contribution in [0.25, 0.3) is 10.9 Å². The van der Waals surface area contributed by atoms with Gasteiger partial charge in [-0.2, -0.15) is 0 Å². The summed E-state index contributed by atoms with van der Waals surface area (Å²) in [6, 6.07) is 17.5. The van der Waals surface area contributed by atoms with Crippen LogP contribution in [-0.2, 0) is 6.54 Å². The van der Waals surface area contributed by atoms with Gasteiger partial charge in [0.05, 0.1) is 23.6 Å². The zero-order valence-electron chi connectivity index (χ0n) is 14.6. The second kappa shape index (κ2) is 7.40. The highest BCUT2D eigenvalue weighted by atomic mass is 16.3. The lowest BCUT2D eigenvalue weighted by molar-refractivity contribution is 0.117. The van der Waals surface area contributed by atoms with Crippen molar-refractivity contribution in [1.29, 1.82) is 0 Å². The highest BCUT2D eigenvalue weighted by Gasteiger charge is 2.27. The Morgan fingerprint density at radius 2 is 1.92 bits per heavy atom. The third-order valence-corrected chi connectivity index (χ3v) is 5.19. The molecule has 1 saturated heterocycles. The number of aliphatic hydroxyl groups excluding tert-OH is 1. The summed E-state index contributed by atoms with van der Waals surface area (Å²) >= 11 is 0. The predicted octanol–water partition coefficient (Wildman–Crippen LogP) is 3.01. The molecule has 2 aromatic carbocycles. The van der Waals surface area contributed by atoms with Crippen LogP contribution in [0.5, 0.6) is 0 Å². The van der Waals surface area contributed by atoms with Crippen LogP contribution in [0.3, 0.4) is 0 Å². The summed E-state index contributed by atoms with van der Waals surface area (Å²) in [7, 11) is 0. The highest BCUT2D eigenvalue weighted by molar-refractivity contribution is 5.77. The molecule has 1 aromatic heterocycles. The van der Waals surface area contributed by atoms with Crippen molar-refractivity contribution in [2.75, 3.05) is 6.54 Å². The van der Waals surface area contributed by atoms with Crippen molar-refractivity contribution in [3.05, 3.63) is 76.3 Å². The van der Waals surface area contributed by atoms with Crippen LogP contribution in [0.1, 0.15) is 36.8 Å². The standard InChI is InChI=1S/C21H23N3O2/c25-19(15-7-2-1-3-8-15)13-16-9-6-12-24(16)14-20-22-18-11-5-4-10-17(18)21(26)23-20/h1-5,7-8,10-11,16,19,25H,6,9,12-14H2,(H,22,23,26)/t16-,19+/m1/s1. The average Bonchev–Trinajstić information content (AvgIpc) is 3.09. The molecule has 0 amide bonds. The van der Waals surface area contributed by atoms with Gasteiger partial charge in [-0.1, -0.05) is 42.5 Å². The van der Waals surface area contributed by atoms with E-state index in [2.05, 4.69) is 14.9 Å². The monoisotopic (exact) mass is 349 g/mol. The molecule has 0 aliphatic carbocycles. The molecular formula is C21H23N3O2. The number of fused-ring (bicyclic) bond motifs is 1. The van der Waals surface area contributed by atoms with Crippen LogP contribution in [0.4, 0.5) is 0 Å². The number of benzene rings is 2. The molecule has 0 radical (unpaired) electrons. The van der Waals surface area contributed by atoms with Crippen LogP contribution >= 0.6 is 0 Å². The Morgan fingerprint density at radius 3 is 2.77 bits per heavy atom. The molecule has 1 aliphatic heterocycles. The first kappa shape index (κ1) is 16.9. The Hall–Kier alpha value is -2.50. The minimum absolute atomic E-state index is 0.0920. The smallest absolute Gasteiger partial charge is 0.258 e. The van der Waals surface area contributed by atoms with Crippen molar-refractivity contribution < 1.29 is 5.11 Å². The van der Waals surface area contributed by atoms with Gasteiger partial charge in [0, 0.05) is 6.04 Å². The normalized spacial score (nSPS) is 19.0. The highest BCUT2D eigenvalue weighted by Crippen LogP contribution is 2.28. The molecule has 0 spiro atoms. The molecule has 0 bridgehead atoms. The number of nitrogens with zero attached hydrogens (tertiary/aromatic N) is 2. The molecule has 5 nitrogen and oxygen atoms in total. The van der Waals surface area contributed by atoms with Crippen molar-refractivity contribution in [2.45, 2.75) is 38.0 Å². The predicted molar refractivity (Wildman–Crippen MR) is 102 cm³/mol. The van der Waals surface area contributed by atoms with E-state index in [0.717, 1.165) is 30.5 Å². The topological polar surface area (TPSA) is 69.2 Å². The Morgan fingerprint density at radius 1 is 1.15 bits per heavy atom. The van der Waals surface area contributed by atoms with Crippen LogP contribution in [0.2, 0.25) is 0 Å². The van der Waals surface area contributed by atoms with Gasteiger partial charge in [-0.25, -0.2) is 4.98 Å². The molecule has 3 aromatic rings.